The summed E-state index contributed by atoms with van der Waals surface area (Å²) in [7, 11) is 1.85. The first-order chi connectivity index (χ1) is 11.5. The zero-order valence-electron chi connectivity index (χ0n) is 13.7. The van der Waals surface area contributed by atoms with Gasteiger partial charge in [0.2, 0.25) is 0 Å². The van der Waals surface area contributed by atoms with Gasteiger partial charge in [0.05, 0.1) is 10.2 Å². The van der Waals surface area contributed by atoms with Crippen LogP contribution in [-0.4, -0.2) is 42.1 Å². The maximum Gasteiger partial charge on any atom is 0.253 e. The molecule has 6 nitrogen and oxygen atoms in total. The molecule has 2 aromatic rings. The number of rotatable bonds is 5. The average molecular weight is 394 g/mol. The molecule has 1 N–H and O–H groups in total. The van der Waals surface area contributed by atoms with Crippen LogP contribution in [0.4, 0.5) is 0 Å². The molecule has 0 radical (unpaired) electrons. The summed E-state index contributed by atoms with van der Waals surface area (Å²) in [5.74, 6) is 1.33. The quantitative estimate of drug-likeness (QED) is 0.845. The lowest BCUT2D eigenvalue weighted by Gasteiger charge is -2.24. The normalized spacial score (nSPS) is 17.0. The van der Waals surface area contributed by atoms with Crippen LogP contribution in [-0.2, 0) is 6.61 Å². The number of halogens is 1. The molecule has 24 heavy (non-hydrogen) atoms. The van der Waals surface area contributed by atoms with Crippen molar-refractivity contribution < 1.29 is 14.1 Å². The standard InChI is InChI=1S/C17H20BrN3O3/c1-11-7-14(24-20-11)10-23-16-4-3-12(8-15(16)18)17(22)21(2)13-5-6-19-9-13/h3-4,7-8,13,19H,5-6,9-10H2,1-2H3. The number of benzene rings is 1. The van der Waals surface area contributed by atoms with Crippen LogP contribution in [0.25, 0.3) is 0 Å². The highest BCUT2D eigenvalue weighted by atomic mass is 79.9. The van der Waals surface area contributed by atoms with Gasteiger partial charge in [-0.3, -0.25) is 4.79 Å². The molecule has 1 aromatic heterocycles. The second kappa shape index (κ2) is 7.36. The molecule has 1 atom stereocenters. The van der Waals surface area contributed by atoms with Crippen LogP contribution < -0.4 is 10.1 Å². The number of hydrogen-bond donors (Lipinski definition) is 1. The van der Waals surface area contributed by atoms with E-state index in [1.54, 1.807) is 23.1 Å². The molecule has 1 aromatic carbocycles. The van der Waals surface area contributed by atoms with Crippen LogP contribution in [0, 0.1) is 6.92 Å². The van der Waals surface area contributed by atoms with Crippen LogP contribution in [0.3, 0.4) is 0 Å². The molecular weight excluding hydrogens is 374 g/mol. The number of aryl methyl sites for hydroxylation is 1. The Balaban J connectivity index is 1.66. The minimum absolute atomic E-state index is 0.0156. The first-order valence-electron chi connectivity index (χ1n) is 7.87. The van der Waals surface area contributed by atoms with Crippen molar-refractivity contribution in [2.45, 2.75) is 26.0 Å². The summed E-state index contributed by atoms with van der Waals surface area (Å²) >= 11 is 3.47. The number of amides is 1. The molecular formula is C17H20BrN3O3. The summed E-state index contributed by atoms with van der Waals surface area (Å²) in [5.41, 5.74) is 1.46. The monoisotopic (exact) mass is 393 g/mol. The van der Waals surface area contributed by atoms with Crippen molar-refractivity contribution in [2.75, 3.05) is 20.1 Å². The summed E-state index contributed by atoms with van der Waals surface area (Å²) < 4.78 is 11.6. The zero-order chi connectivity index (χ0) is 17.1. The molecule has 1 unspecified atom stereocenters. The van der Waals surface area contributed by atoms with Gasteiger partial charge in [0, 0.05) is 31.3 Å². The zero-order valence-corrected chi connectivity index (χ0v) is 15.3. The number of ether oxygens (including phenoxy) is 1. The van der Waals surface area contributed by atoms with Crippen LogP contribution in [0.15, 0.2) is 33.3 Å². The molecule has 0 aliphatic carbocycles. The van der Waals surface area contributed by atoms with E-state index in [0.29, 0.717) is 23.7 Å². The molecule has 1 aliphatic heterocycles. The van der Waals surface area contributed by atoms with Gasteiger partial charge in [-0.1, -0.05) is 5.16 Å². The van der Waals surface area contributed by atoms with Crippen LogP contribution in [0.5, 0.6) is 5.75 Å². The van der Waals surface area contributed by atoms with Crippen LogP contribution >= 0.6 is 15.9 Å². The van der Waals surface area contributed by atoms with Gasteiger partial charge in [0.1, 0.15) is 12.4 Å². The van der Waals surface area contributed by atoms with Gasteiger partial charge in [0.15, 0.2) is 5.76 Å². The molecule has 2 heterocycles. The SMILES string of the molecule is Cc1cc(COc2ccc(C(=O)N(C)C3CCNC3)cc2Br)on1. The van der Waals surface area contributed by atoms with E-state index in [0.717, 1.165) is 29.7 Å². The van der Waals surface area contributed by atoms with Crippen LogP contribution in [0.2, 0.25) is 0 Å². The first-order valence-corrected chi connectivity index (χ1v) is 8.66. The van der Waals surface area contributed by atoms with Gasteiger partial charge in [-0.25, -0.2) is 0 Å². The average Bonchev–Trinajstić information content (AvgIpc) is 3.24. The summed E-state index contributed by atoms with van der Waals surface area (Å²) in [6, 6.07) is 7.45. The Morgan fingerprint density at radius 3 is 2.96 bits per heavy atom. The predicted molar refractivity (Wildman–Crippen MR) is 93.1 cm³/mol. The number of carbonyl (C=O) groups is 1. The maximum atomic E-state index is 12.6. The fourth-order valence-corrected chi connectivity index (χ4v) is 3.22. The van der Waals surface area contributed by atoms with Crippen molar-refractivity contribution in [2.24, 2.45) is 0 Å². The predicted octanol–water partition coefficient (Wildman–Crippen LogP) is 2.76. The Labute approximate surface area is 149 Å². The van der Waals surface area contributed by atoms with E-state index in [9.17, 15) is 4.79 Å². The van der Waals surface area contributed by atoms with Gasteiger partial charge in [-0.2, -0.15) is 0 Å². The Kier molecular flexibility index (Phi) is 5.20. The highest BCUT2D eigenvalue weighted by Gasteiger charge is 2.24. The largest absolute Gasteiger partial charge is 0.484 e. The van der Waals surface area contributed by atoms with Crippen molar-refractivity contribution in [1.82, 2.24) is 15.4 Å². The van der Waals surface area contributed by atoms with E-state index < -0.39 is 0 Å². The highest BCUT2D eigenvalue weighted by Crippen LogP contribution is 2.27. The van der Waals surface area contributed by atoms with Gasteiger partial charge in [0.25, 0.3) is 5.91 Å². The molecule has 0 bridgehead atoms. The number of aromatic nitrogens is 1. The Bertz CT molecular complexity index is 726. The molecule has 1 amide bonds. The van der Waals surface area contributed by atoms with E-state index in [-0.39, 0.29) is 11.9 Å². The van der Waals surface area contributed by atoms with E-state index >= 15 is 0 Å². The van der Waals surface area contributed by atoms with Crippen molar-refractivity contribution in [3.8, 4) is 5.75 Å². The van der Waals surface area contributed by atoms with Crippen molar-refractivity contribution in [3.05, 3.63) is 45.8 Å². The Morgan fingerprint density at radius 1 is 1.50 bits per heavy atom. The molecule has 7 heteroatoms. The van der Waals surface area contributed by atoms with E-state index in [1.807, 2.05) is 20.0 Å². The summed E-state index contributed by atoms with van der Waals surface area (Å²) in [5, 5.41) is 7.10. The van der Waals surface area contributed by atoms with Crippen molar-refractivity contribution in [1.29, 1.82) is 0 Å². The molecule has 128 valence electrons. The minimum atomic E-state index is 0.0156. The van der Waals surface area contributed by atoms with Gasteiger partial charge >= 0.3 is 0 Å². The van der Waals surface area contributed by atoms with Gasteiger partial charge in [-0.05, 0) is 54.0 Å². The summed E-state index contributed by atoms with van der Waals surface area (Å²) in [4.78, 5) is 14.4. The molecule has 1 aliphatic rings. The lowest BCUT2D eigenvalue weighted by Crippen LogP contribution is -2.38. The second-order valence-corrected chi connectivity index (χ2v) is 6.79. The lowest BCUT2D eigenvalue weighted by atomic mass is 10.1. The number of likely N-dealkylation sites (N-methyl/N-ethyl adjacent to an activating group) is 1. The third-order valence-electron chi connectivity index (χ3n) is 4.13. The topological polar surface area (TPSA) is 67.6 Å². The third kappa shape index (κ3) is 3.79. The number of carbonyl (C=O) groups excluding carboxylic acids is 1. The van der Waals surface area contributed by atoms with Gasteiger partial charge < -0.3 is 19.5 Å². The van der Waals surface area contributed by atoms with Crippen LogP contribution in [0.1, 0.15) is 28.2 Å². The number of nitrogens with zero attached hydrogens (tertiary/aromatic N) is 2. The fourth-order valence-electron chi connectivity index (χ4n) is 2.72. The van der Waals surface area contributed by atoms with E-state index in [4.69, 9.17) is 9.26 Å². The minimum Gasteiger partial charge on any atom is -0.484 e. The molecule has 1 fully saturated rings. The molecule has 0 spiro atoms. The van der Waals surface area contributed by atoms with E-state index in [2.05, 4.69) is 26.4 Å². The molecule has 1 saturated heterocycles. The van der Waals surface area contributed by atoms with Gasteiger partial charge in [-0.15, -0.1) is 0 Å². The molecule has 0 saturated carbocycles. The van der Waals surface area contributed by atoms with Crippen molar-refractivity contribution >= 4 is 21.8 Å². The molecule has 3 rings (SSSR count). The first kappa shape index (κ1) is 17.0. The Hall–Kier alpha value is -1.86. The maximum absolute atomic E-state index is 12.6. The van der Waals surface area contributed by atoms with Crippen molar-refractivity contribution in [3.63, 3.8) is 0 Å². The third-order valence-corrected chi connectivity index (χ3v) is 4.75. The number of hydrogen-bond acceptors (Lipinski definition) is 5. The lowest BCUT2D eigenvalue weighted by molar-refractivity contribution is 0.0743. The number of nitrogens with one attached hydrogen (secondary N) is 1. The van der Waals surface area contributed by atoms with E-state index in [1.165, 1.54) is 0 Å². The smallest absolute Gasteiger partial charge is 0.253 e. The Morgan fingerprint density at radius 2 is 2.33 bits per heavy atom. The summed E-state index contributed by atoms with van der Waals surface area (Å²) in [6.07, 6.45) is 0.987. The fraction of sp³-hybridized carbons (Fsp3) is 0.412. The summed E-state index contributed by atoms with van der Waals surface area (Å²) in [6.45, 7) is 3.96. The second-order valence-electron chi connectivity index (χ2n) is 5.93. The highest BCUT2D eigenvalue weighted by molar-refractivity contribution is 9.10.